The van der Waals surface area contributed by atoms with Crippen LogP contribution < -0.4 is 5.32 Å². The molecule has 0 saturated heterocycles. The van der Waals surface area contributed by atoms with Gasteiger partial charge in [-0.05, 0) is 36.2 Å². The third-order valence-electron chi connectivity index (χ3n) is 2.83. The lowest BCUT2D eigenvalue weighted by molar-refractivity contribution is -0.119. The average molecular weight is 284 g/mol. The van der Waals surface area contributed by atoms with Crippen LogP contribution in [0.4, 0.5) is 5.69 Å². The van der Waals surface area contributed by atoms with Gasteiger partial charge in [0.1, 0.15) is 5.69 Å². The molecule has 0 aliphatic rings. The van der Waals surface area contributed by atoms with E-state index in [0.29, 0.717) is 5.69 Å². The highest BCUT2D eigenvalue weighted by Gasteiger charge is 2.11. The molecule has 1 amide bonds. The molecule has 0 unspecified atom stereocenters. The van der Waals surface area contributed by atoms with Gasteiger partial charge >= 0.3 is 5.97 Å². The molecule has 0 saturated carbocycles. The standard InChI is InChI=1S/C16H16N2O3/c1-2-12-6-5-7-13(10-12)18-15(19)11-21-16(20)14-8-3-4-9-17-14/h3-10H,2,11H2,1H3,(H,18,19). The number of hydrogen-bond acceptors (Lipinski definition) is 4. The van der Waals surface area contributed by atoms with Crippen molar-refractivity contribution in [1.82, 2.24) is 4.98 Å². The zero-order valence-corrected chi connectivity index (χ0v) is 11.7. The Morgan fingerprint density at radius 3 is 2.76 bits per heavy atom. The molecule has 2 aromatic rings. The molecule has 0 aliphatic carbocycles. The van der Waals surface area contributed by atoms with Gasteiger partial charge in [-0.1, -0.05) is 25.1 Å². The molecule has 0 aliphatic heterocycles. The Morgan fingerprint density at radius 1 is 1.19 bits per heavy atom. The molecular weight excluding hydrogens is 268 g/mol. The summed E-state index contributed by atoms with van der Waals surface area (Å²) in [4.78, 5) is 27.2. The second-order valence-corrected chi connectivity index (χ2v) is 4.39. The van der Waals surface area contributed by atoms with Gasteiger partial charge in [0.05, 0.1) is 0 Å². The number of amides is 1. The highest BCUT2D eigenvalue weighted by Crippen LogP contribution is 2.11. The van der Waals surface area contributed by atoms with E-state index in [9.17, 15) is 9.59 Å². The molecule has 108 valence electrons. The van der Waals surface area contributed by atoms with Gasteiger partial charge in [-0.2, -0.15) is 0 Å². The predicted octanol–water partition coefficient (Wildman–Crippen LogP) is 2.44. The molecule has 5 heteroatoms. The summed E-state index contributed by atoms with van der Waals surface area (Å²) < 4.78 is 4.91. The molecule has 2 rings (SSSR count). The summed E-state index contributed by atoms with van der Waals surface area (Å²) in [5, 5.41) is 2.69. The molecule has 21 heavy (non-hydrogen) atoms. The lowest BCUT2D eigenvalue weighted by atomic mass is 10.1. The summed E-state index contributed by atoms with van der Waals surface area (Å²) in [6.45, 7) is 1.70. The van der Waals surface area contributed by atoms with Crippen LogP contribution in [-0.4, -0.2) is 23.5 Å². The number of aromatic nitrogens is 1. The minimum atomic E-state index is -0.618. The first-order valence-corrected chi connectivity index (χ1v) is 6.66. The van der Waals surface area contributed by atoms with Crippen LogP contribution in [0.15, 0.2) is 48.7 Å². The van der Waals surface area contributed by atoms with Crippen LogP contribution >= 0.6 is 0 Å². The topological polar surface area (TPSA) is 68.3 Å². The summed E-state index contributed by atoms with van der Waals surface area (Å²) in [6.07, 6.45) is 2.38. The highest BCUT2D eigenvalue weighted by molar-refractivity contribution is 5.94. The molecule has 0 spiro atoms. The molecule has 0 fully saturated rings. The van der Waals surface area contributed by atoms with Gasteiger partial charge in [-0.25, -0.2) is 9.78 Å². The number of benzene rings is 1. The van der Waals surface area contributed by atoms with E-state index >= 15 is 0 Å². The van der Waals surface area contributed by atoms with Crippen molar-refractivity contribution in [2.24, 2.45) is 0 Å². The highest BCUT2D eigenvalue weighted by atomic mass is 16.5. The molecule has 1 aromatic carbocycles. The molecule has 1 aromatic heterocycles. The third-order valence-corrected chi connectivity index (χ3v) is 2.83. The summed E-state index contributed by atoms with van der Waals surface area (Å²) >= 11 is 0. The van der Waals surface area contributed by atoms with Crippen LogP contribution in [0.1, 0.15) is 23.0 Å². The van der Waals surface area contributed by atoms with E-state index < -0.39 is 5.97 Å². The van der Waals surface area contributed by atoms with Crippen LogP contribution in [-0.2, 0) is 16.0 Å². The summed E-state index contributed by atoms with van der Waals surface area (Å²) in [5.74, 6) is -0.999. The van der Waals surface area contributed by atoms with Crippen LogP contribution in [0.2, 0.25) is 0 Å². The number of ether oxygens (including phenoxy) is 1. The normalized spacial score (nSPS) is 9.95. The number of hydrogen-bond donors (Lipinski definition) is 1. The number of carbonyl (C=O) groups excluding carboxylic acids is 2. The van der Waals surface area contributed by atoms with Crippen LogP contribution in [0, 0.1) is 0 Å². The van der Waals surface area contributed by atoms with Crippen molar-refractivity contribution >= 4 is 17.6 Å². The molecule has 5 nitrogen and oxygen atoms in total. The molecule has 0 atom stereocenters. The van der Waals surface area contributed by atoms with Crippen molar-refractivity contribution in [2.45, 2.75) is 13.3 Å². The Balaban J connectivity index is 1.86. The fraction of sp³-hybridized carbons (Fsp3) is 0.188. The first-order valence-electron chi connectivity index (χ1n) is 6.66. The number of rotatable bonds is 5. The Bertz CT molecular complexity index is 626. The van der Waals surface area contributed by atoms with E-state index in [-0.39, 0.29) is 18.2 Å². The summed E-state index contributed by atoms with van der Waals surface area (Å²) in [6, 6.07) is 12.4. The molecule has 0 bridgehead atoms. The first-order chi connectivity index (χ1) is 10.2. The Morgan fingerprint density at radius 2 is 2.05 bits per heavy atom. The quantitative estimate of drug-likeness (QED) is 0.856. The smallest absolute Gasteiger partial charge is 0.357 e. The second kappa shape index (κ2) is 7.19. The first kappa shape index (κ1) is 14.7. The van der Waals surface area contributed by atoms with Gasteiger partial charge in [0.25, 0.3) is 5.91 Å². The van der Waals surface area contributed by atoms with Crippen molar-refractivity contribution in [1.29, 1.82) is 0 Å². The molecule has 1 N–H and O–H groups in total. The van der Waals surface area contributed by atoms with Crippen LogP contribution in [0.3, 0.4) is 0 Å². The van der Waals surface area contributed by atoms with Gasteiger partial charge in [0.15, 0.2) is 6.61 Å². The zero-order chi connectivity index (χ0) is 15.1. The number of anilines is 1. The van der Waals surface area contributed by atoms with Crippen molar-refractivity contribution in [3.05, 3.63) is 59.9 Å². The SMILES string of the molecule is CCc1cccc(NC(=O)COC(=O)c2ccccn2)c1. The summed E-state index contributed by atoms with van der Waals surface area (Å²) in [7, 11) is 0. The van der Waals surface area contributed by atoms with Crippen molar-refractivity contribution in [3.63, 3.8) is 0 Å². The fourth-order valence-corrected chi connectivity index (χ4v) is 1.75. The van der Waals surface area contributed by atoms with Gasteiger partial charge in [-0.15, -0.1) is 0 Å². The minimum absolute atomic E-state index is 0.179. The summed E-state index contributed by atoms with van der Waals surface area (Å²) in [5.41, 5.74) is 1.99. The van der Waals surface area contributed by atoms with Crippen LogP contribution in [0.5, 0.6) is 0 Å². The van der Waals surface area contributed by atoms with Crippen LogP contribution in [0.25, 0.3) is 0 Å². The fourth-order valence-electron chi connectivity index (χ4n) is 1.75. The number of esters is 1. The third kappa shape index (κ3) is 4.42. The number of nitrogens with one attached hydrogen (secondary N) is 1. The van der Waals surface area contributed by atoms with E-state index in [2.05, 4.69) is 10.3 Å². The number of aryl methyl sites for hydroxylation is 1. The van der Waals surface area contributed by atoms with Crippen molar-refractivity contribution < 1.29 is 14.3 Å². The van der Waals surface area contributed by atoms with Crippen molar-refractivity contribution in [3.8, 4) is 0 Å². The Kier molecular flexibility index (Phi) is 5.04. The van der Waals surface area contributed by atoms with E-state index in [0.717, 1.165) is 12.0 Å². The number of nitrogens with zero attached hydrogens (tertiary/aromatic N) is 1. The Labute approximate surface area is 123 Å². The largest absolute Gasteiger partial charge is 0.451 e. The second-order valence-electron chi connectivity index (χ2n) is 4.39. The molecule has 1 heterocycles. The van der Waals surface area contributed by atoms with E-state index in [1.54, 1.807) is 18.2 Å². The van der Waals surface area contributed by atoms with E-state index in [1.807, 2.05) is 25.1 Å². The average Bonchev–Trinajstić information content (AvgIpc) is 2.53. The maximum absolute atomic E-state index is 11.7. The number of pyridine rings is 1. The van der Waals surface area contributed by atoms with Gasteiger partial charge in [0, 0.05) is 11.9 Å². The lowest BCUT2D eigenvalue weighted by Gasteiger charge is -2.07. The van der Waals surface area contributed by atoms with E-state index in [4.69, 9.17) is 4.74 Å². The van der Waals surface area contributed by atoms with E-state index in [1.165, 1.54) is 12.3 Å². The van der Waals surface area contributed by atoms with Crippen molar-refractivity contribution in [2.75, 3.05) is 11.9 Å². The van der Waals surface area contributed by atoms with Gasteiger partial charge < -0.3 is 10.1 Å². The van der Waals surface area contributed by atoms with Gasteiger partial charge in [-0.3, -0.25) is 4.79 Å². The van der Waals surface area contributed by atoms with Gasteiger partial charge in [0.2, 0.25) is 0 Å². The molecular formula is C16H16N2O3. The monoisotopic (exact) mass is 284 g/mol. The number of carbonyl (C=O) groups is 2. The lowest BCUT2D eigenvalue weighted by Crippen LogP contribution is -2.21. The maximum atomic E-state index is 11.7. The Hall–Kier alpha value is -2.69. The molecule has 0 radical (unpaired) electrons. The zero-order valence-electron chi connectivity index (χ0n) is 11.7. The predicted molar refractivity (Wildman–Crippen MR) is 79.0 cm³/mol. The minimum Gasteiger partial charge on any atom is -0.451 e. The maximum Gasteiger partial charge on any atom is 0.357 e.